The van der Waals surface area contributed by atoms with E-state index < -0.39 is 55.3 Å². The zero-order valence-electron chi connectivity index (χ0n) is 10.1. The van der Waals surface area contributed by atoms with Crippen LogP contribution >= 0.6 is 0 Å². The average Bonchev–Trinajstić information content (AvgIpc) is 2.33. The van der Waals surface area contributed by atoms with E-state index in [2.05, 4.69) is 4.74 Å². The van der Waals surface area contributed by atoms with Crippen molar-refractivity contribution in [2.75, 3.05) is 13.2 Å². The topological polar surface area (TPSA) is 29.5 Å². The van der Waals surface area contributed by atoms with E-state index >= 15 is 0 Å². The first-order valence-electron chi connectivity index (χ1n) is 5.58. The Hall–Kier alpha value is -1.28. The summed E-state index contributed by atoms with van der Waals surface area (Å²) in [5, 5.41) is 9.40. The molecule has 0 aliphatic rings. The smallest absolute Gasteiger partial charge is 0.330 e. The van der Waals surface area contributed by atoms with Gasteiger partial charge in [0.25, 0.3) is 0 Å². The van der Waals surface area contributed by atoms with Crippen molar-refractivity contribution in [2.24, 2.45) is 0 Å². The lowest BCUT2D eigenvalue weighted by molar-refractivity contribution is -0.170. The van der Waals surface area contributed by atoms with E-state index in [4.69, 9.17) is 0 Å². The Labute approximate surface area is 111 Å². The number of rotatable bonds is 7. The van der Waals surface area contributed by atoms with Gasteiger partial charge in [-0.3, -0.25) is 0 Å². The van der Waals surface area contributed by atoms with E-state index in [1.165, 1.54) is 0 Å². The van der Waals surface area contributed by atoms with Crippen LogP contribution in [0.5, 0.6) is 0 Å². The third-order valence-electron chi connectivity index (χ3n) is 2.43. The Kier molecular flexibility index (Phi) is 5.82. The van der Waals surface area contributed by atoms with Crippen LogP contribution in [-0.2, 0) is 11.2 Å². The lowest BCUT2D eigenvalue weighted by atomic mass is 10.1. The molecule has 0 saturated carbocycles. The van der Waals surface area contributed by atoms with Gasteiger partial charge in [-0.25, -0.2) is 17.6 Å². The van der Waals surface area contributed by atoms with Gasteiger partial charge in [-0.05, 0) is 12.1 Å². The molecule has 0 radical (unpaired) electrons. The van der Waals surface area contributed by atoms with Crippen molar-refractivity contribution in [3.63, 3.8) is 0 Å². The molecule has 114 valence electrons. The maximum atomic E-state index is 13.2. The van der Waals surface area contributed by atoms with Gasteiger partial charge < -0.3 is 9.84 Å². The minimum absolute atomic E-state index is 0.427. The molecule has 2 nitrogen and oxygen atoms in total. The Balaban J connectivity index is 2.47. The average molecular weight is 302 g/mol. The second-order valence-electron chi connectivity index (χ2n) is 4.14. The molecule has 1 aromatic carbocycles. The summed E-state index contributed by atoms with van der Waals surface area (Å²) >= 11 is 0. The molecule has 0 heterocycles. The summed E-state index contributed by atoms with van der Waals surface area (Å²) in [4.78, 5) is 0. The van der Waals surface area contributed by atoms with Crippen LogP contribution in [-0.4, -0.2) is 36.8 Å². The molecule has 1 N–H and O–H groups in total. The van der Waals surface area contributed by atoms with Crippen molar-refractivity contribution >= 4 is 0 Å². The molecule has 0 bridgehead atoms. The SMILES string of the molecule is OC(COCC(F)(F)C(F)F)Cc1c(F)cccc1F. The van der Waals surface area contributed by atoms with Gasteiger partial charge in [0.1, 0.15) is 18.2 Å². The second kappa shape index (κ2) is 6.94. The normalized spacial score (nSPS) is 13.8. The Bertz CT molecular complexity index is 418. The van der Waals surface area contributed by atoms with E-state index in [0.29, 0.717) is 0 Å². The van der Waals surface area contributed by atoms with Crippen LogP contribution in [0.1, 0.15) is 5.56 Å². The second-order valence-corrected chi connectivity index (χ2v) is 4.14. The van der Waals surface area contributed by atoms with Gasteiger partial charge in [-0.2, -0.15) is 8.78 Å². The molecule has 0 aliphatic carbocycles. The molecule has 0 amide bonds. The molecule has 0 saturated heterocycles. The zero-order chi connectivity index (χ0) is 15.3. The summed E-state index contributed by atoms with van der Waals surface area (Å²) < 4.78 is 79.2. The van der Waals surface area contributed by atoms with E-state index in [0.717, 1.165) is 18.2 Å². The number of hydrogen-bond acceptors (Lipinski definition) is 2. The quantitative estimate of drug-likeness (QED) is 0.785. The van der Waals surface area contributed by atoms with Crippen LogP contribution in [0, 0.1) is 11.6 Å². The van der Waals surface area contributed by atoms with Crippen molar-refractivity contribution in [2.45, 2.75) is 24.9 Å². The van der Waals surface area contributed by atoms with Crippen molar-refractivity contribution in [1.29, 1.82) is 0 Å². The monoisotopic (exact) mass is 302 g/mol. The summed E-state index contributed by atoms with van der Waals surface area (Å²) in [5.74, 6) is -6.13. The predicted octanol–water partition coefficient (Wildman–Crippen LogP) is 2.79. The van der Waals surface area contributed by atoms with Crippen LogP contribution in [0.15, 0.2) is 18.2 Å². The van der Waals surface area contributed by atoms with Crippen molar-refractivity contribution < 1.29 is 36.2 Å². The third kappa shape index (κ3) is 4.68. The fraction of sp³-hybridized carbons (Fsp3) is 0.500. The van der Waals surface area contributed by atoms with Crippen LogP contribution in [0.4, 0.5) is 26.3 Å². The number of halogens is 6. The van der Waals surface area contributed by atoms with Gasteiger partial charge in [0, 0.05) is 12.0 Å². The maximum absolute atomic E-state index is 13.2. The van der Waals surface area contributed by atoms with Crippen LogP contribution in [0.2, 0.25) is 0 Å². The highest BCUT2D eigenvalue weighted by atomic mass is 19.3. The van der Waals surface area contributed by atoms with E-state index in [1.807, 2.05) is 0 Å². The summed E-state index contributed by atoms with van der Waals surface area (Å²) in [6, 6.07) is 3.06. The Morgan fingerprint density at radius 3 is 2.20 bits per heavy atom. The predicted molar refractivity (Wildman–Crippen MR) is 57.8 cm³/mol. The summed E-state index contributed by atoms with van der Waals surface area (Å²) in [6.07, 6.45) is -5.89. The van der Waals surface area contributed by atoms with E-state index in [-0.39, 0.29) is 0 Å². The van der Waals surface area contributed by atoms with Gasteiger partial charge in [0.15, 0.2) is 0 Å². The molecule has 20 heavy (non-hydrogen) atoms. The summed E-state index contributed by atoms with van der Waals surface area (Å²) in [6.45, 7) is -2.32. The van der Waals surface area contributed by atoms with E-state index in [9.17, 15) is 31.4 Å². The Morgan fingerprint density at radius 2 is 1.70 bits per heavy atom. The number of ether oxygens (including phenoxy) is 1. The third-order valence-corrected chi connectivity index (χ3v) is 2.43. The van der Waals surface area contributed by atoms with Gasteiger partial charge in [0.05, 0.1) is 12.7 Å². The highest BCUT2D eigenvalue weighted by molar-refractivity contribution is 5.20. The van der Waals surface area contributed by atoms with Gasteiger partial charge in [-0.15, -0.1) is 0 Å². The zero-order valence-corrected chi connectivity index (χ0v) is 10.1. The molecule has 1 rings (SSSR count). The number of benzene rings is 1. The first-order chi connectivity index (χ1) is 9.24. The molecule has 0 aliphatic heterocycles. The van der Waals surface area contributed by atoms with Crippen molar-refractivity contribution in [1.82, 2.24) is 0 Å². The largest absolute Gasteiger partial charge is 0.390 e. The van der Waals surface area contributed by atoms with Gasteiger partial charge in [0.2, 0.25) is 0 Å². The molecule has 8 heteroatoms. The molecule has 0 spiro atoms. The van der Waals surface area contributed by atoms with Gasteiger partial charge >= 0.3 is 12.3 Å². The highest BCUT2D eigenvalue weighted by Gasteiger charge is 2.41. The number of aliphatic hydroxyl groups is 1. The summed E-state index contributed by atoms with van der Waals surface area (Å²) in [5.41, 5.74) is -0.427. The highest BCUT2D eigenvalue weighted by Crippen LogP contribution is 2.23. The fourth-order valence-electron chi connectivity index (χ4n) is 1.42. The molecular formula is C12H12F6O2. The number of hydrogen-bond donors (Lipinski definition) is 1. The number of aliphatic hydroxyl groups excluding tert-OH is 1. The number of alkyl halides is 4. The molecule has 0 fully saturated rings. The molecule has 1 aromatic rings. The van der Waals surface area contributed by atoms with Gasteiger partial charge in [-0.1, -0.05) is 6.07 Å². The molecular weight excluding hydrogens is 290 g/mol. The molecule has 1 unspecified atom stereocenters. The maximum Gasteiger partial charge on any atom is 0.330 e. The van der Waals surface area contributed by atoms with E-state index in [1.54, 1.807) is 0 Å². The van der Waals surface area contributed by atoms with Crippen LogP contribution < -0.4 is 0 Å². The van der Waals surface area contributed by atoms with Crippen LogP contribution in [0.25, 0.3) is 0 Å². The Morgan fingerprint density at radius 1 is 1.15 bits per heavy atom. The summed E-state index contributed by atoms with van der Waals surface area (Å²) in [7, 11) is 0. The standard InChI is InChI=1S/C12H12F6O2/c13-9-2-1-3-10(14)8(9)4-7(19)5-20-6-12(17,18)11(15)16/h1-3,7,11,19H,4-6H2. The fourth-order valence-corrected chi connectivity index (χ4v) is 1.42. The van der Waals surface area contributed by atoms with Crippen LogP contribution in [0.3, 0.4) is 0 Å². The molecule has 0 aromatic heterocycles. The lowest BCUT2D eigenvalue weighted by Crippen LogP contribution is -2.34. The minimum Gasteiger partial charge on any atom is -0.390 e. The van der Waals surface area contributed by atoms with Crippen molar-refractivity contribution in [3.8, 4) is 0 Å². The molecule has 1 atom stereocenters. The minimum atomic E-state index is -4.33. The van der Waals surface area contributed by atoms with Crippen molar-refractivity contribution in [3.05, 3.63) is 35.4 Å². The first-order valence-corrected chi connectivity index (χ1v) is 5.58. The first kappa shape index (κ1) is 16.8. The lowest BCUT2D eigenvalue weighted by Gasteiger charge is -2.17.